The van der Waals surface area contributed by atoms with Crippen molar-refractivity contribution in [1.29, 1.82) is 0 Å². The van der Waals surface area contributed by atoms with Gasteiger partial charge in [-0.15, -0.1) is 0 Å². The fourth-order valence-corrected chi connectivity index (χ4v) is 1.52. The molecule has 17 heavy (non-hydrogen) atoms. The Labute approximate surface area is 101 Å². The van der Waals surface area contributed by atoms with E-state index in [2.05, 4.69) is 24.8 Å². The molecule has 0 aromatic carbocycles. The Kier molecular flexibility index (Phi) is 3.69. The van der Waals surface area contributed by atoms with E-state index in [1.807, 2.05) is 26.4 Å². The highest BCUT2D eigenvalue weighted by Crippen LogP contribution is 2.05. The first-order valence-corrected chi connectivity index (χ1v) is 5.75. The summed E-state index contributed by atoms with van der Waals surface area (Å²) in [4.78, 5) is 12.7. The van der Waals surface area contributed by atoms with Crippen LogP contribution < -0.4 is 5.32 Å². The highest BCUT2D eigenvalue weighted by molar-refractivity contribution is 5.32. The number of rotatable bonds is 5. The van der Waals surface area contributed by atoms with E-state index in [0.717, 1.165) is 36.7 Å². The van der Waals surface area contributed by atoms with E-state index in [1.165, 1.54) is 0 Å². The highest BCUT2D eigenvalue weighted by Gasteiger charge is 1.98. The van der Waals surface area contributed by atoms with E-state index in [9.17, 15) is 0 Å². The molecule has 0 unspecified atom stereocenters. The van der Waals surface area contributed by atoms with Gasteiger partial charge in [0.2, 0.25) is 0 Å². The number of anilines is 1. The molecule has 0 saturated carbocycles. The molecule has 1 N–H and O–H groups in total. The molecule has 2 aromatic heterocycles. The summed E-state index contributed by atoms with van der Waals surface area (Å²) >= 11 is 0. The van der Waals surface area contributed by atoms with Gasteiger partial charge in [-0.1, -0.05) is 0 Å². The Hall–Kier alpha value is -1.91. The average molecular weight is 231 g/mol. The summed E-state index contributed by atoms with van der Waals surface area (Å²) in [6.45, 7) is 5.78. The third-order valence-electron chi connectivity index (χ3n) is 2.65. The van der Waals surface area contributed by atoms with E-state index in [1.54, 1.807) is 12.4 Å². The first-order valence-electron chi connectivity index (χ1n) is 5.75. The summed E-state index contributed by atoms with van der Waals surface area (Å²) < 4.78 is 2.06. The van der Waals surface area contributed by atoms with Crippen molar-refractivity contribution in [2.24, 2.45) is 0 Å². The highest BCUT2D eigenvalue weighted by atomic mass is 15.0. The van der Waals surface area contributed by atoms with Gasteiger partial charge in [0, 0.05) is 25.5 Å². The Morgan fingerprint density at radius 2 is 2.18 bits per heavy atom. The number of nitrogens with zero attached hydrogens (tertiary/aromatic N) is 4. The largest absolute Gasteiger partial charge is 0.369 e. The molecule has 0 spiro atoms. The minimum Gasteiger partial charge on any atom is -0.369 e. The van der Waals surface area contributed by atoms with Crippen LogP contribution in [0.5, 0.6) is 0 Å². The van der Waals surface area contributed by atoms with Crippen LogP contribution in [-0.2, 0) is 6.54 Å². The van der Waals surface area contributed by atoms with Crippen molar-refractivity contribution in [2.45, 2.75) is 26.8 Å². The van der Waals surface area contributed by atoms with Gasteiger partial charge in [-0.3, -0.25) is 4.98 Å². The van der Waals surface area contributed by atoms with E-state index < -0.39 is 0 Å². The summed E-state index contributed by atoms with van der Waals surface area (Å²) in [7, 11) is 0. The van der Waals surface area contributed by atoms with Crippen molar-refractivity contribution in [3.63, 3.8) is 0 Å². The molecule has 5 nitrogen and oxygen atoms in total. The minimum absolute atomic E-state index is 0.846. The van der Waals surface area contributed by atoms with Crippen LogP contribution in [0.4, 0.5) is 5.82 Å². The van der Waals surface area contributed by atoms with Gasteiger partial charge in [0.25, 0.3) is 0 Å². The summed E-state index contributed by atoms with van der Waals surface area (Å²) in [5.41, 5.74) is 1.96. The van der Waals surface area contributed by atoms with Crippen LogP contribution in [0.15, 0.2) is 24.9 Å². The van der Waals surface area contributed by atoms with Crippen LogP contribution in [0, 0.1) is 13.8 Å². The zero-order valence-corrected chi connectivity index (χ0v) is 10.2. The van der Waals surface area contributed by atoms with Crippen LogP contribution in [-0.4, -0.2) is 26.1 Å². The summed E-state index contributed by atoms with van der Waals surface area (Å²) in [5, 5.41) is 3.27. The standard InChI is InChI=1S/C12H17N5/c1-10-11(2)16-12(8-15-10)14-4-3-6-17-7-5-13-9-17/h5,7-9H,3-4,6H2,1-2H3,(H,14,16). The Morgan fingerprint density at radius 3 is 2.88 bits per heavy atom. The Balaban J connectivity index is 1.76. The number of nitrogens with one attached hydrogen (secondary N) is 1. The molecule has 0 aliphatic carbocycles. The molecule has 0 amide bonds. The molecule has 0 radical (unpaired) electrons. The van der Waals surface area contributed by atoms with Gasteiger partial charge < -0.3 is 9.88 Å². The van der Waals surface area contributed by atoms with Gasteiger partial charge >= 0.3 is 0 Å². The Bertz CT molecular complexity index is 464. The molecule has 0 aliphatic rings. The Morgan fingerprint density at radius 1 is 1.29 bits per heavy atom. The van der Waals surface area contributed by atoms with Crippen molar-refractivity contribution in [3.05, 3.63) is 36.3 Å². The quantitative estimate of drug-likeness (QED) is 0.797. The van der Waals surface area contributed by atoms with E-state index >= 15 is 0 Å². The van der Waals surface area contributed by atoms with Crippen LogP contribution in [0.25, 0.3) is 0 Å². The second-order valence-corrected chi connectivity index (χ2v) is 4.01. The third-order valence-corrected chi connectivity index (χ3v) is 2.65. The van der Waals surface area contributed by atoms with Gasteiger partial charge in [-0.2, -0.15) is 0 Å². The molecule has 2 rings (SSSR count). The van der Waals surface area contributed by atoms with Gasteiger partial charge in [0.1, 0.15) is 5.82 Å². The SMILES string of the molecule is Cc1ncc(NCCCn2ccnc2)nc1C. The van der Waals surface area contributed by atoms with E-state index in [0.29, 0.717) is 0 Å². The van der Waals surface area contributed by atoms with E-state index in [-0.39, 0.29) is 0 Å². The van der Waals surface area contributed by atoms with Crippen molar-refractivity contribution in [2.75, 3.05) is 11.9 Å². The predicted octanol–water partition coefficient (Wildman–Crippen LogP) is 1.79. The van der Waals surface area contributed by atoms with Crippen LogP contribution >= 0.6 is 0 Å². The maximum atomic E-state index is 4.41. The number of hydrogen-bond donors (Lipinski definition) is 1. The summed E-state index contributed by atoms with van der Waals surface area (Å²) in [6, 6.07) is 0. The van der Waals surface area contributed by atoms with Crippen molar-refractivity contribution in [1.82, 2.24) is 19.5 Å². The fraction of sp³-hybridized carbons (Fsp3) is 0.417. The molecule has 0 bridgehead atoms. The zero-order valence-electron chi connectivity index (χ0n) is 10.2. The van der Waals surface area contributed by atoms with E-state index in [4.69, 9.17) is 0 Å². The van der Waals surface area contributed by atoms with Crippen molar-refractivity contribution >= 4 is 5.82 Å². The smallest absolute Gasteiger partial charge is 0.144 e. The molecule has 2 heterocycles. The summed E-state index contributed by atoms with van der Waals surface area (Å²) in [6.07, 6.45) is 8.40. The second-order valence-electron chi connectivity index (χ2n) is 4.01. The average Bonchev–Trinajstić information content (AvgIpc) is 2.82. The van der Waals surface area contributed by atoms with Crippen LogP contribution in [0.3, 0.4) is 0 Å². The predicted molar refractivity (Wildman–Crippen MR) is 66.8 cm³/mol. The van der Waals surface area contributed by atoms with Gasteiger partial charge in [-0.25, -0.2) is 9.97 Å². The monoisotopic (exact) mass is 231 g/mol. The number of imidazole rings is 1. The molecule has 90 valence electrons. The minimum atomic E-state index is 0.846. The topological polar surface area (TPSA) is 55.6 Å². The fourth-order valence-electron chi connectivity index (χ4n) is 1.52. The molecule has 5 heteroatoms. The maximum absolute atomic E-state index is 4.41. The van der Waals surface area contributed by atoms with Crippen molar-refractivity contribution in [3.8, 4) is 0 Å². The molecule has 0 aliphatic heterocycles. The lowest BCUT2D eigenvalue weighted by Crippen LogP contribution is -2.08. The maximum Gasteiger partial charge on any atom is 0.144 e. The van der Waals surface area contributed by atoms with Gasteiger partial charge in [0.05, 0.1) is 23.9 Å². The van der Waals surface area contributed by atoms with Gasteiger partial charge in [-0.05, 0) is 20.3 Å². The molecule has 0 fully saturated rings. The third kappa shape index (κ3) is 3.27. The molecule has 0 atom stereocenters. The molecular formula is C12H17N5. The van der Waals surface area contributed by atoms with Gasteiger partial charge in [0.15, 0.2) is 0 Å². The lowest BCUT2D eigenvalue weighted by molar-refractivity contribution is 0.660. The lowest BCUT2D eigenvalue weighted by Gasteiger charge is -2.07. The second kappa shape index (κ2) is 5.43. The first kappa shape index (κ1) is 11.6. The summed E-state index contributed by atoms with van der Waals surface area (Å²) in [5.74, 6) is 0.846. The van der Waals surface area contributed by atoms with Crippen molar-refractivity contribution < 1.29 is 0 Å². The lowest BCUT2D eigenvalue weighted by atomic mass is 10.3. The van der Waals surface area contributed by atoms with Crippen LogP contribution in [0.1, 0.15) is 17.8 Å². The molecule has 2 aromatic rings. The number of hydrogen-bond acceptors (Lipinski definition) is 4. The molecular weight excluding hydrogens is 214 g/mol. The zero-order chi connectivity index (χ0) is 12.1. The first-order chi connectivity index (χ1) is 8.25. The normalized spacial score (nSPS) is 10.5. The molecule has 0 saturated heterocycles. The number of aryl methyl sites for hydroxylation is 3. The number of aromatic nitrogens is 4. The van der Waals surface area contributed by atoms with Crippen LogP contribution in [0.2, 0.25) is 0 Å².